The number of carboxylic acids is 1. The maximum atomic E-state index is 11.4. The van der Waals surface area contributed by atoms with Crippen LogP contribution in [0.1, 0.15) is 27.1 Å². The average molecular weight is 240 g/mol. The lowest BCUT2D eigenvalue weighted by Crippen LogP contribution is -2.18. The van der Waals surface area contributed by atoms with Crippen LogP contribution in [0.25, 0.3) is 0 Å². The van der Waals surface area contributed by atoms with Gasteiger partial charge in [-0.25, -0.2) is 9.59 Å². The zero-order valence-electron chi connectivity index (χ0n) is 8.87. The highest BCUT2D eigenvalue weighted by Crippen LogP contribution is 2.07. The lowest BCUT2D eigenvalue weighted by molar-refractivity contribution is -0.0743. The van der Waals surface area contributed by atoms with Crippen molar-refractivity contribution >= 4 is 11.9 Å². The van der Waals surface area contributed by atoms with Crippen molar-refractivity contribution in [2.24, 2.45) is 0 Å². The Morgan fingerprint density at radius 2 is 1.71 bits per heavy atom. The molecule has 3 N–H and O–H groups in total. The van der Waals surface area contributed by atoms with Gasteiger partial charge in [0, 0.05) is 13.0 Å². The first-order valence-electron chi connectivity index (χ1n) is 4.88. The molecule has 0 heterocycles. The van der Waals surface area contributed by atoms with Gasteiger partial charge in [-0.05, 0) is 24.3 Å². The molecule has 17 heavy (non-hydrogen) atoms. The van der Waals surface area contributed by atoms with Crippen molar-refractivity contribution in [1.29, 1.82) is 0 Å². The first kappa shape index (κ1) is 13.1. The molecule has 0 saturated carbocycles. The van der Waals surface area contributed by atoms with Crippen LogP contribution in [-0.4, -0.2) is 40.2 Å². The number of carboxylic acid groups (broad SMARTS) is 1. The number of hydrogen-bond acceptors (Lipinski definition) is 5. The normalized spacial score (nSPS) is 11.9. The minimum atomic E-state index is -1.37. The lowest BCUT2D eigenvalue weighted by atomic mass is 10.1. The van der Waals surface area contributed by atoms with E-state index in [9.17, 15) is 9.59 Å². The quantitative estimate of drug-likeness (QED) is 0.503. The maximum Gasteiger partial charge on any atom is 0.340 e. The number of esters is 1. The number of ether oxygens (including phenoxy) is 1. The van der Waals surface area contributed by atoms with Gasteiger partial charge in [-0.2, -0.15) is 0 Å². The SMILES string of the molecule is O=C(O)c1ccc(C(=O)OC(O)CCO)cc1. The Labute approximate surface area is 97.1 Å². The van der Waals surface area contributed by atoms with Crippen LogP contribution in [0.4, 0.5) is 0 Å². The number of aliphatic hydroxyl groups excluding tert-OH is 2. The van der Waals surface area contributed by atoms with Gasteiger partial charge in [0.1, 0.15) is 0 Å². The van der Waals surface area contributed by atoms with Crippen LogP contribution in [0.2, 0.25) is 0 Å². The summed E-state index contributed by atoms with van der Waals surface area (Å²) in [5, 5.41) is 26.3. The highest BCUT2D eigenvalue weighted by Gasteiger charge is 2.13. The first-order valence-corrected chi connectivity index (χ1v) is 4.88. The fraction of sp³-hybridized carbons (Fsp3) is 0.273. The van der Waals surface area contributed by atoms with Crippen molar-refractivity contribution in [3.05, 3.63) is 35.4 Å². The molecule has 6 nitrogen and oxygen atoms in total. The van der Waals surface area contributed by atoms with Crippen LogP contribution in [0.15, 0.2) is 24.3 Å². The molecule has 6 heteroatoms. The van der Waals surface area contributed by atoms with Gasteiger partial charge >= 0.3 is 11.9 Å². The second-order valence-corrected chi connectivity index (χ2v) is 3.25. The van der Waals surface area contributed by atoms with Crippen molar-refractivity contribution in [3.8, 4) is 0 Å². The van der Waals surface area contributed by atoms with Crippen LogP contribution >= 0.6 is 0 Å². The third-order valence-corrected chi connectivity index (χ3v) is 1.99. The summed E-state index contributed by atoms with van der Waals surface area (Å²) in [5.74, 6) is -1.87. The van der Waals surface area contributed by atoms with E-state index in [0.29, 0.717) is 0 Å². The number of rotatable bonds is 5. The molecule has 1 rings (SSSR count). The smallest absolute Gasteiger partial charge is 0.340 e. The summed E-state index contributed by atoms with van der Waals surface area (Å²) in [4.78, 5) is 22.0. The van der Waals surface area contributed by atoms with Crippen LogP contribution in [-0.2, 0) is 4.74 Å². The average Bonchev–Trinajstić information content (AvgIpc) is 2.29. The van der Waals surface area contributed by atoms with Gasteiger partial charge in [-0.15, -0.1) is 0 Å². The van der Waals surface area contributed by atoms with Gasteiger partial charge in [0.2, 0.25) is 6.29 Å². The summed E-state index contributed by atoms with van der Waals surface area (Å²) in [6.45, 7) is -0.299. The molecule has 0 bridgehead atoms. The molecule has 1 unspecified atom stereocenters. The van der Waals surface area contributed by atoms with E-state index in [1.54, 1.807) is 0 Å². The Morgan fingerprint density at radius 1 is 1.18 bits per heavy atom. The molecule has 0 fully saturated rings. The summed E-state index contributed by atoms with van der Waals surface area (Å²) in [5.41, 5.74) is 0.185. The zero-order valence-corrected chi connectivity index (χ0v) is 8.87. The molecular formula is C11H12O6. The van der Waals surface area contributed by atoms with E-state index in [4.69, 9.17) is 15.3 Å². The molecule has 0 aromatic heterocycles. The summed E-state index contributed by atoms with van der Waals surface area (Å²) in [6.07, 6.45) is -1.44. The predicted molar refractivity (Wildman–Crippen MR) is 56.5 cm³/mol. The summed E-state index contributed by atoms with van der Waals surface area (Å²) in [7, 11) is 0. The summed E-state index contributed by atoms with van der Waals surface area (Å²) in [6, 6.07) is 5.10. The molecule has 1 aromatic carbocycles. The molecule has 0 saturated heterocycles. The van der Waals surface area contributed by atoms with Gasteiger partial charge in [0.15, 0.2) is 0 Å². The van der Waals surface area contributed by atoms with Gasteiger partial charge in [-0.3, -0.25) is 0 Å². The minimum Gasteiger partial charge on any atom is -0.478 e. The second-order valence-electron chi connectivity index (χ2n) is 3.25. The van der Waals surface area contributed by atoms with Crippen molar-refractivity contribution in [3.63, 3.8) is 0 Å². The van der Waals surface area contributed by atoms with E-state index < -0.39 is 18.2 Å². The Bertz CT molecular complexity index is 397. The number of aromatic carboxylic acids is 1. The fourth-order valence-corrected chi connectivity index (χ4v) is 1.11. The molecule has 92 valence electrons. The van der Waals surface area contributed by atoms with E-state index in [-0.39, 0.29) is 24.2 Å². The predicted octanol–water partition coefficient (Wildman–Crippen LogP) is 0.242. The number of hydrogen-bond donors (Lipinski definition) is 3. The van der Waals surface area contributed by atoms with Gasteiger partial charge in [0.25, 0.3) is 0 Å². The Hall–Kier alpha value is -1.92. The van der Waals surface area contributed by atoms with E-state index in [0.717, 1.165) is 0 Å². The van der Waals surface area contributed by atoms with Crippen molar-refractivity contribution in [1.82, 2.24) is 0 Å². The molecule has 1 aromatic rings. The number of benzene rings is 1. The van der Waals surface area contributed by atoms with Crippen molar-refractivity contribution in [2.75, 3.05) is 6.61 Å². The molecule has 0 aliphatic carbocycles. The molecule has 0 spiro atoms. The third kappa shape index (κ3) is 3.86. The molecule has 0 radical (unpaired) electrons. The molecule has 0 aliphatic heterocycles. The van der Waals surface area contributed by atoms with Crippen LogP contribution < -0.4 is 0 Å². The van der Waals surface area contributed by atoms with E-state index in [1.807, 2.05) is 0 Å². The standard InChI is InChI=1S/C11H12O6/c12-6-5-9(13)17-11(16)8-3-1-7(2-4-8)10(14)15/h1-4,9,12-13H,5-6H2,(H,14,15). The highest BCUT2D eigenvalue weighted by atomic mass is 16.6. The van der Waals surface area contributed by atoms with E-state index in [2.05, 4.69) is 4.74 Å². The highest BCUT2D eigenvalue weighted by molar-refractivity contribution is 5.92. The molecule has 0 amide bonds. The van der Waals surface area contributed by atoms with Crippen LogP contribution in [0, 0.1) is 0 Å². The number of aliphatic hydroxyl groups is 2. The second kappa shape index (κ2) is 5.97. The number of carbonyl (C=O) groups is 2. The lowest BCUT2D eigenvalue weighted by Gasteiger charge is -2.10. The van der Waals surface area contributed by atoms with Crippen molar-refractivity contribution < 1.29 is 29.6 Å². The van der Waals surface area contributed by atoms with Gasteiger partial charge in [-0.1, -0.05) is 0 Å². The first-order chi connectivity index (χ1) is 8.04. The topological polar surface area (TPSA) is 104 Å². The molecule has 0 aliphatic rings. The fourth-order valence-electron chi connectivity index (χ4n) is 1.11. The van der Waals surface area contributed by atoms with Crippen LogP contribution in [0.3, 0.4) is 0 Å². The molecular weight excluding hydrogens is 228 g/mol. The van der Waals surface area contributed by atoms with Crippen molar-refractivity contribution in [2.45, 2.75) is 12.7 Å². The summed E-state index contributed by atoms with van der Waals surface area (Å²) >= 11 is 0. The third-order valence-electron chi connectivity index (χ3n) is 1.99. The minimum absolute atomic E-state index is 0.0532. The Balaban J connectivity index is 2.66. The molecule has 1 atom stereocenters. The maximum absolute atomic E-state index is 11.4. The largest absolute Gasteiger partial charge is 0.478 e. The Morgan fingerprint density at radius 3 is 2.18 bits per heavy atom. The van der Waals surface area contributed by atoms with Gasteiger partial charge in [0.05, 0.1) is 11.1 Å². The number of carbonyl (C=O) groups excluding carboxylic acids is 1. The van der Waals surface area contributed by atoms with E-state index >= 15 is 0 Å². The monoisotopic (exact) mass is 240 g/mol. The Kier molecular flexibility index (Phi) is 4.62. The summed E-state index contributed by atoms with van der Waals surface area (Å²) < 4.78 is 4.59. The zero-order chi connectivity index (χ0) is 12.8. The van der Waals surface area contributed by atoms with Gasteiger partial charge < -0.3 is 20.1 Å². The van der Waals surface area contributed by atoms with Crippen LogP contribution in [0.5, 0.6) is 0 Å². The van der Waals surface area contributed by atoms with E-state index in [1.165, 1.54) is 24.3 Å².